The molecule has 0 atom stereocenters. The van der Waals surface area contributed by atoms with Crippen molar-refractivity contribution in [1.82, 2.24) is 0 Å². The van der Waals surface area contributed by atoms with E-state index in [1.807, 2.05) is 19.9 Å². The van der Waals surface area contributed by atoms with Crippen LogP contribution in [0.1, 0.15) is 35.3 Å². The van der Waals surface area contributed by atoms with Crippen molar-refractivity contribution in [2.75, 3.05) is 18.6 Å². The Balaban J connectivity index is 2.47. The summed E-state index contributed by atoms with van der Waals surface area (Å²) in [6.07, 6.45) is 0. The molecule has 1 aromatic rings. The van der Waals surface area contributed by atoms with Crippen molar-refractivity contribution in [2.45, 2.75) is 27.7 Å². The van der Waals surface area contributed by atoms with Crippen LogP contribution >= 0.6 is 0 Å². The Bertz CT molecular complexity index is 646. The first-order valence-electron chi connectivity index (χ1n) is 6.75. The zero-order chi connectivity index (χ0) is 15.9. The van der Waals surface area contributed by atoms with Crippen LogP contribution in [0.5, 0.6) is 0 Å². The number of hydrogen-bond donors (Lipinski definition) is 0. The summed E-state index contributed by atoms with van der Waals surface area (Å²) in [5.74, 6) is -1.51. The Hall–Kier alpha value is -2.17. The van der Waals surface area contributed by atoms with Gasteiger partial charge in [0.25, 0.3) is 11.7 Å². The standard InChI is InChI=1S/C16H19NO4/c1-9-6-10(2)12-11(7-9)17(14(19)13(12)18)8-16(3,4)15(20)21-5/h6-7H,8H2,1-5H3. The predicted octanol–water partition coefficient (Wildman–Crippen LogP) is 2.03. The van der Waals surface area contributed by atoms with E-state index in [1.165, 1.54) is 12.0 Å². The highest BCUT2D eigenvalue weighted by atomic mass is 16.5. The average Bonchev–Trinajstić information content (AvgIpc) is 2.62. The molecule has 0 N–H and O–H groups in total. The molecule has 1 aliphatic rings. The topological polar surface area (TPSA) is 63.7 Å². The monoisotopic (exact) mass is 289 g/mol. The van der Waals surface area contributed by atoms with E-state index in [9.17, 15) is 14.4 Å². The maximum absolute atomic E-state index is 12.2. The lowest BCUT2D eigenvalue weighted by Gasteiger charge is -2.27. The third-order valence-electron chi connectivity index (χ3n) is 3.71. The van der Waals surface area contributed by atoms with Crippen LogP contribution in [0.2, 0.25) is 0 Å². The summed E-state index contributed by atoms with van der Waals surface area (Å²) in [7, 11) is 1.31. The maximum atomic E-state index is 12.2. The number of carbonyl (C=O) groups is 3. The van der Waals surface area contributed by atoms with Crippen molar-refractivity contribution < 1.29 is 19.1 Å². The number of esters is 1. The molecule has 1 amide bonds. The molecule has 0 radical (unpaired) electrons. The van der Waals surface area contributed by atoms with Gasteiger partial charge in [-0.05, 0) is 44.9 Å². The second-order valence-electron chi connectivity index (χ2n) is 6.07. The van der Waals surface area contributed by atoms with Gasteiger partial charge in [0.2, 0.25) is 0 Å². The van der Waals surface area contributed by atoms with Crippen molar-refractivity contribution in [2.24, 2.45) is 5.41 Å². The van der Waals surface area contributed by atoms with Gasteiger partial charge in [-0.1, -0.05) is 6.07 Å². The SMILES string of the molecule is COC(=O)C(C)(C)CN1C(=O)C(=O)c2c(C)cc(C)cc21. The van der Waals surface area contributed by atoms with E-state index in [4.69, 9.17) is 4.74 Å². The number of benzene rings is 1. The fourth-order valence-electron chi connectivity index (χ4n) is 2.69. The smallest absolute Gasteiger partial charge is 0.313 e. The van der Waals surface area contributed by atoms with Gasteiger partial charge >= 0.3 is 5.97 Å². The Labute approximate surface area is 123 Å². The third kappa shape index (κ3) is 2.44. The van der Waals surface area contributed by atoms with Crippen LogP contribution < -0.4 is 4.90 Å². The maximum Gasteiger partial charge on any atom is 0.313 e. The molecule has 0 unspecified atom stereocenters. The van der Waals surface area contributed by atoms with Crippen molar-refractivity contribution in [3.05, 3.63) is 28.8 Å². The molecular formula is C16H19NO4. The van der Waals surface area contributed by atoms with E-state index < -0.39 is 23.1 Å². The molecule has 0 aliphatic carbocycles. The van der Waals surface area contributed by atoms with E-state index in [2.05, 4.69) is 0 Å². The third-order valence-corrected chi connectivity index (χ3v) is 3.71. The van der Waals surface area contributed by atoms with Crippen LogP contribution in [0, 0.1) is 19.3 Å². The quantitative estimate of drug-likeness (QED) is 0.631. The number of ether oxygens (including phenoxy) is 1. The van der Waals surface area contributed by atoms with Gasteiger partial charge < -0.3 is 9.64 Å². The van der Waals surface area contributed by atoms with E-state index in [1.54, 1.807) is 19.9 Å². The summed E-state index contributed by atoms with van der Waals surface area (Å²) < 4.78 is 4.76. The van der Waals surface area contributed by atoms with Crippen LogP contribution in [-0.4, -0.2) is 31.3 Å². The largest absolute Gasteiger partial charge is 0.469 e. The number of aryl methyl sites for hydroxylation is 2. The van der Waals surface area contributed by atoms with Gasteiger partial charge in [0.1, 0.15) is 0 Å². The fourth-order valence-corrected chi connectivity index (χ4v) is 2.69. The molecule has 2 rings (SSSR count). The number of Topliss-reactive ketones (excluding diaryl/α,β-unsaturated/α-hetero) is 1. The Morgan fingerprint density at radius 3 is 2.43 bits per heavy atom. The average molecular weight is 289 g/mol. The van der Waals surface area contributed by atoms with Gasteiger partial charge in [0.15, 0.2) is 0 Å². The summed E-state index contributed by atoms with van der Waals surface area (Å²) in [4.78, 5) is 37.6. The number of carbonyl (C=O) groups excluding carboxylic acids is 3. The molecule has 1 aromatic carbocycles. The highest BCUT2D eigenvalue weighted by Crippen LogP contribution is 2.35. The van der Waals surface area contributed by atoms with Crippen LogP contribution in [0.25, 0.3) is 0 Å². The van der Waals surface area contributed by atoms with E-state index in [0.29, 0.717) is 11.3 Å². The lowest BCUT2D eigenvalue weighted by atomic mass is 9.92. The molecule has 1 aliphatic heterocycles. The van der Waals surface area contributed by atoms with Gasteiger partial charge in [0, 0.05) is 6.54 Å². The van der Waals surface area contributed by atoms with Gasteiger partial charge in [-0.25, -0.2) is 0 Å². The molecule has 0 fully saturated rings. The molecule has 0 aromatic heterocycles. The zero-order valence-electron chi connectivity index (χ0n) is 12.9. The Kier molecular flexibility index (Phi) is 3.61. The van der Waals surface area contributed by atoms with Crippen molar-refractivity contribution in [3.63, 3.8) is 0 Å². The lowest BCUT2D eigenvalue weighted by Crippen LogP contribution is -2.42. The number of rotatable bonds is 3. The number of ketones is 1. The minimum atomic E-state index is -0.885. The first kappa shape index (κ1) is 15.2. The van der Waals surface area contributed by atoms with E-state index in [-0.39, 0.29) is 6.54 Å². The minimum Gasteiger partial charge on any atom is -0.469 e. The lowest BCUT2D eigenvalue weighted by molar-refractivity contribution is -0.150. The Morgan fingerprint density at radius 1 is 1.24 bits per heavy atom. The first-order valence-corrected chi connectivity index (χ1v) is 6.75. The highest BCUT2D eigenvalue weighted by Gasteiger charge is 2.42. The summed E-state index contributed by atoms with van der Waals surface area (Å²) >= 11 is 0. The molecule has 5 heteroatoms. The molecule has 5 nitrogen and oxygen atoms in total. The first-order chi connectivity index (χ1) is 9.69. The molecule has 1 heterocycles. The van der Waals surface area contributed by atoms with Crippen molar-refractivity contribution in [1.29, 1.82) is 0 Å². The van der Waals surface area contributed by atoms with Gasteiger partial charge in [-0.15, -0.1) is 0 Å². The van der Waals surface area contributed by atoms with Gasteiger partial charge in [-0.2, -0.15) is 0 Å². The fraction of sp³-hybridized carbons (Fsp3) is 0.438. The number of hydrogen-bond acceptors (Lipinski definition) is 4. The number of amides is 1. The van der Waals surface area contributed by atoms with Crippen LogP contribution in [0.4, 0.5) is 5.69 Å². The molecule has 112 valence electrons. The number of anilines is 1. The zero-order valence-corrected chi connectivity index (χ0v) is 12.9. The molecule has 0 spiro atoms. The van der Waals surface area contributed by atoms with E-state index >= 15 is 0 Å². The molecule has 0 bridgehead atoms. The normalized spacial score (nSPS) is 14.4. The molecule has 21 heavy (non-hydrogen) atoms. The summed E-state index contributed by atoms with van der Waals surface area (Å²) in [5, 5.41) is 0. The molecule has 0 saturated carbocycles. The van der Waals surface area contributed by atoms with E-state index in [0.717, 1.165) is 11.1 Å². The van der Waals surface area contributed by atoms with Gasteiger partial charge in [0.05, 0.1) is 23.8 Å². The number of fused-ring (bicyclic) bond motifs is 1. The van der Waals surface area contributed by atoms with Crippen LogP contribution in [0.3, 0.4) is 0 Å². The number of nitrogens with zero attached hydrogens (tertiary/aromatic N) is 1. The second-order valence-corrected chi connectivity index (χ2v) is 6.07. The summed E-state index contributed by atoms with van der Waals surface area (Å²) in [6, 6.07) is 3.68. The summed E-state index contributed by atoms with van der Waals surface area (Å²) in [5.41, 5.74) is 1.88. The van der Waals surface area contributed by atoms with Crippen molar-refractivity contribution >= 4 is 23.3 Å². The van der Waals surface area contributed by atoms with Crippen molar-refractivity contribution in [3.8, 4) is 0 Å². The van der Waals surface area contributed by atoms with Crippen LogP contribution in [-0.2, 0) is 14.3 Å². The Morgan fingerprint density at radius 2 is 1.86 bits per heavy atom. The highest BCUT2D eigenvalue weighted by molar-refractivity contribution is 6.52. The minimum absolute atomic E-state index is 0.111. The van der Waals surface area contributed by atoms with Gasteiger partial charge in [-0.3, -0.25) is 14.4 Å². The predicted molar refractivity (Wildman–Crippen MR) is 78.4 cm³/mol. The van der Waals surface area contributed by atoms with Crippen LogP contribution in [0.15, 0.2) is 12.1 Å². The summed E-state index contributed by atoms with van der Waals surface area (Å²) in [6.45, 7) is 7.21. The second kappa shape index (κ2) is 4.98. The molecule has 0 saturated heterocycles. The molecular weight excluding hydrogens is 270 g/mol. The number of methoxy groups -OCH3 is 1.